The molecule has 0 saturated heterocycles. The number of carbonyl (C=O) groups excluding carboxylic acids is 1. The predicted molar refractivity (Wildman–Crippen MR) is 70.8 cm³/mol. The molecule has 0 heterocycles. The fraction of sp³-hybridized carbons (Fsp3) is 0.267. The van der Waals surface area contributed by atoms with Gasteiger partial charge >= 0.3 is 0 Å². The highest BCUT2D eigenvalue weighted by atomic mass is 19.1. The Morgan fingerprint density at radius 3 is 2.84 bits per heavy atom. The summed E-state index contributed by atoms with van der Waals surface area (Å²) in [6.45, 7) is 5.59. The zero-order valence-corrected chi connectivity index (χ0v) is 10.7. The van der Waals surface area contributed by atoms with E-state index in [9.17, 15) is 13.6 Å². The van der Waals surface area contributed by atoms with Gasteiger partial charge in [-0.15, -0.1) is 0 Å². The van der Waals surface area contributed by atoms with Crippen LogP contribution in [0.5, 0.6) is 0 Å². The summed E-state index contributed by atoms with van der Waals surface area (Å²) < 4.78 is 32.2. The number of carbonyl (C=O) groups is 1. The molecule has 0 fully saturated rings. The van der Waals surface area contributed by atoms with Crippen LogP contribution in [0.4, 0.5) is 8.78 Å². The molecule has 0 radical (unpaired) electrons. The number of hydrogen-bond donors (Lipinski definition) is 0. The van der Waals surface area contributed by atoms with Crippen LogP contribution in [0, 0.1) is 5.92 Å². The first-order chi connectivity index (χ1) is 9.12. The summed E-state index contributed by atoms with van der Waals surface area (Å²) in [5, 5.41) is 0. The summed E-state index contributed by atoms with van der Waals surface area (Å²) >= 11 is 0. The minimum Gasteiger partial charge on any atom is -0.489 e. The molecule has 2 nitrogen and oxygen atoms in total. The molecule has 4 heteroatoms. The minimum absolute atomic E-state index is 0.0857. The molecular formula is C15H16F2O2. The SMILES string of the molecule is C=C/C=C(\C=C/C)COC1=CC(F)C(C=O)C(F)=C1. The van der Waals surface area contributed by atoms with Crippen LogP contribution in [0.15, 0.2) is 60.2 Å². The van der Waals surface area contributed by atoms with E-state index >= 15 is 0 Å². The van der Waals surface area contributed by atoms with Crippen LogP contribution in [-0.2, 0) is 9.53 Å². The molecule has 2 unspecified atom stereocenters. The van der Waals surface area contributed by atoms with E-state index in [2.05, 4.69) is 6.58 Å². The number of aldehydes is 1. The fourth-order valence-electron chi connectivity index (χ4n) is 1.61. The smallest absolute Gasteiger partial charge is 0.138 e. The van der Waals surface area contributed by atoms with E-state index < -0.39 is 17.9 Å². The summed E-state index contributed by atoms with van der Waals surface area (Å²) in [4.78, 5) is 10.5. The van der Waals surface area contributed by atoms with Crippen molar-refractivity contribution >= 4 is 6.29 Å². The Labute approximate surface area is 111 Å². The summed E-state index contributed by atoms with van der Waals surface area (Å²) in [5.74, 6) is -2.09. The van der Waals surface area contributed by atoms with Crippen LogP contribution >= 0.6 is 0 Å². The molecule has 1 aliphatic carbocycles. The van der Waals surface area contributed by atoms with E-state index in [1.54, 1.807) is 12.2 Å². The van der Waals surface area contributed by atoms with E-state index in [4.69, 9.17) is 4.74 Å². The standard InChI is InChI=1S/C15H16F2O2/c1-3-5-11(6-4-2)10-19-12-7-14(16)13(9-18)15(17)8-12/h3-9,13-14H,1,10H2,2H3/b6-4-,11-5+. The second-order valence-corrected chi connectivity index (χ2v) is 3.97. The van der Waals surface area contributed by atoms with Gasteiger partial charge in [-0.3, -0.25) is 0 Å². The summed E-state index contributed by atoms with van der Waals surface area (Å²) in [5.41, 5.74) is 0.820. The molecule has 0 saturated carbocycles. The molecule has 1 aliphatic rings. The van der Waals surface area contributed by atoms with Gasteiger partial charge in [0, 0.05) is 6.08 Å². The van der Waals surface area contributed by atoms with Crippen LogP contribution in [0.1, 0.15) is 6.92 Å². The van der Waals surface area contributed by atoms with Crippen molar-refractivity contribution in [2.45, 2.75) is 13.1 Å². The van der Waals surface area contributed by atoms with Crippen molar-refractivity contribution in [1.82, 2.24) is 0 Å². The van der Waals surface area contributed by atoms with Crippen LogP contribution in [-0.4, -0.2) is 19.1 Å². The van der Waals surface area contributed by atoms with Gasteiger partial charge in [0.1, 0.15) is 36.6 Å². The van der Waals surface area contributed by atoms with Gasteiger partial charge in [0.25, 0.3) is 0 Å². The van der Waals surface area contributed by atoms with Crippen LogP contribution in [0.25, 0.3) is 0 Å². The maximum atomic E-state index is 13.5. The van der Waals surface area contributed by atoms with Gasteiger partial charge in [0.05, 0.1) is 0 Å². The van der Waals surface area contributed by atoms with Crippen molar-refractivity contribution in [2.24, 2.45) is 5.92 Å². The highest BCUT2D eigenvalue weighted by Crippen LogP contribution is 2.26. The number of rotatable bonds is 6. The molecule has 102 valence electrons. The topological polar surface area (TPSA) is 26.3 Å². The van der Waals surface area contributed by atoms with Crippen LogP contribution < -0.4 is 0 Å². The monoisotopic (exact) mass is 266 g/mol. The molecule has 0 aromatic carbocycles. The zero-order valence-electron chi connectivity index (χ0n) is 10.7. The fourth-order valence-corrected chi connectivity index (χ4v) is 1.61. The zero-order chi connectivity index (χ0) is 14.3. The highest BCUT2D eigenvalue weighted by molar-refractivity contribution is 5.61. The maximum Gasteiger partial charge on any atom is 0.138 e. The Hall–Kier alpha value is -1.97. The molecular weight excluding hydrogens is 250 g/mol. The average molecular weight is 266 g/mol. The van der Waals surface area contributed by atoms with Crippen LogP contribution in [0.3, 0.4) is 0 Å². The van der Waals surface area contributed by atoms with E-state index in [1.807, 2.05) is 19.1 Å². The lowest BCUT2D eigenvalue weighted by Gasteiger charge is -2.18. The maximum absolute atomic E-state index is 13.5. The molecule has 0 aromatic heterocycles. The molecule has 0 aliphatic heterocycles. The van der Waals surface area contributed by atoms with Gasteiger partial charge in [-0.05, 0) is 18.6 Å². The van der Waals surface area contributed by atoms with E-state index in [0.717, 1.165) is 17.7 Å². The van der Waals surface area contributed by atoms with Crippen molar-refractivity contribution < 1.29 is 18.3 Å². The summed E-state index contributed by atoms with van der Waals surface area (Å²) in [7, 11) is 0. The first-order valence-corrected chi connectivity index (χ1v) is 5.87. The van der Waals surface area contributed by atoms with Crippen molar-refractivity contribution in [1.29, 1.82) is 0 Å². The third kappa shape index (κ3) is 4.32. The second-order valence-electron chi connectivity index (χ2n) is 3.97. The number of alkyl halides is 1. The van der Waals surface area contributed by atoms with Gasteiger partial charge in [0.2, 0.25) is 0 Å². The largest absolute Gasteiger partial charge is 0.489 e. The first kappa shape index (κ1) is 15.1. The number of halogens is 2. The van der Waals surface area contributed by atoms with Crippen molar-refractivity contribution in [3.05, 3.63) is 60.2 Å². The Bertz CT molecular complexity index is 459. The minimum atomic E-state index is -1.69. The Kier molecular flexibility index (Phi) is 5.93. The van der Waals surface area contributed by atoms with Crippen LogP contribution in [0.2, 0.25) is 0 Å². The molecule has 0 N–H and O–H groups in total. The van der Waals surface area contributed by atoms with Gasteiger partial charge < -0.3 is 9.53 Å². The van der Waals surface area contributed by atoms with Gasteiger partial charge in [-0.2, -0.15) is 0 Å². The number of hydrogen-bond acceptors (Lipinski definition) is 2. The number of allylic oxidation sites excluding steroid dienone is 6. The molecule has 0 aromatic rings. The summed E-state index contributed by atoms with van der Waals surface area (Å²) in [6.07, 6.45) is 7.68. The normalized spacial score (nSPS) is 23.8. The highest BCUT2D eigenvalue weighted by Gasteiger charge is 2.28. The van der Waals surface area contributed by atoms with E-state index in [0.29, 0.717) is 0 Å². The Morgan fingerprint density at radius 2 is 2.32 bits per heavy atom. The third-order valence-corrected chi connectivity index (χ3v) is 2.53. The van der Waals surface area contributed by atoms with Gasteiger partial charge in [-0.25, -0.2) is 8.78 Å². The predicted octanol–water partition coefficient (Wildman–Crippen LogP) is 3.60. The number of ether oxygens (including phenoxy) is 1. The van der Waals surface area contributed by atoms with Crippen molar-refractivity contribution in [3.8, 4) is 0 Å². The van der Waals surface area contributed by atoms with E-state index in [-0.39, 0.29) is 18.7 Å². The lowest BCUT2D eigenvalue weighted by Crippen LogP contribution is -2.20. The lowest BCUT2D eigenvalue weighted by molar-refractivity contribution is -0.111. The Balaban J connectivity index is 2.71. The van der Waals surface area contributed by atoms with Gasteiger partial charge in [-0.1, -0.05) is 30.9 Å². The quantitative estimate of drug-likeness (QED) is 0.542. The van der Waals surface area contributed by atoms with Gasteiger partial charge in [0.15, 0.2) is 0 Å². The molecule has 1 rings (SSSR count). The van der Waals surface area contributed by atoms with E-state index in [1.165, 1.54) is 0 Å². The lowest BCUT2D eigenvalue weighted by atomic mass is 9.98. The average Bonchev–Trinajstić information content (AvgIpc) is 2.36. The summed E-state index contributed by atoms with van der Waals surface area (Å²) in [6, 6.07) is 0. The molecule has 19 heavy (non-hydrogen) atoms. The first-order valence-electron chi connectivity index (χ1n) is 5.87. The second kappa shape index (κ2) is 7.46. The molecule has 0 bridgehead atoms. The van der Waals surface area contributed by atoms with Crippen molar-refractivity contribution in [2.75, 3.05) is 6.61 Å². The van der Waals surface area contributed by atoms with Crippen molar-refractivity contribution in [3.63, 3.8) is 0 Å². The third-order valence-electron chi connectivity index (χ3n) is 2.53. The Morgan fingerprint density at radius 1 is 1.58 bits per heavy atom. The molecule has 0 spiro atoms. The molecule has 0 amide bonds. The molecule has 2 atom stereocenters.